The Bertz CT molecular complexity index is 359. The fourth-order valence-electron chi connectivity index (χ4n) is 2.51. The monoisotopic (exact) mass is 314 g/mol. The van der Waals surface area contributed by atoms with E-state index >= 15 is 0 Å². The normalized spacial score (nSPS) is 18.7. The van der Waals surface area contributed by atoms with Crippen LogP contribution in [0.5, 0.6) is 0 Å². The first-order valence-corrected chi connectivity index (χ1v) is 8.30. The number of alkyl carbamates (subject to hydrolysis) is 1. The zero-order chi connectivity index (χ0) is 17.0. The smallest absolute Gasteiger partial charge is 0.407 e. The van der Waals surface area contributed by atoms with Crippen molar-refractivity contribution in [3.8, 4) is 0 Å². The number of methoxy groups -OCH3 is 1. The molecule has 0 aromatic carbocycles. The number of hydrogen-bond acceptors (Lipinski definition) is 4. The average Bonchev–Trinajstić information content (AvgIpc) is 3.15. The standard InChI is InChI=1S/C17H34N2O3/c1-12(10-17(5,6)21-7)18-11-14(13-8-9-13)19-15(20)22-16(2,3)4/h12-14,18H,8-11H2,1-7H3,(H,19,20). The molecule has 22 heavy (non-hydrogen) atoms. The van der Waals surface area contributed by atoms with Crippen molar-refractivity contribution < 1.29 is 14.3 Å². The van der Waals surface area contributed by atoms with Gasteiger partial charge in [0.05, 0.1) is 5.60 Å². The summed E-state index contributed by atoms with van der Waals surface area (Å²) in [5, 5.41) is 6.53. The van der Waals surface area contributed by atoms with Crippen LogP contribution in [-0.4, -0.2) is 43.0 Å². The van der Waals surface area contributed by atoms with Gasteiger partial charge < -0.3 is 20.1 Å². The Hall–Kier alpha value is -0.810. The van der Waals surface area contributed by atoms with Gasteiger partial charge in [0, 0.05) is 25.7 Å². The topological polar surface area (TPSA) is 59.6 Å². The molecule has 1 saturated carbocycles. The van der Waals surface area contributed by atoms with E-state index in [0.717, 1.165) is 13.0 Å². The zero-order valence-electron chi connectivity index (χ0n) is 15.3. The van der Waals surface area contributed by atoms with Gasteiger partial charge in [-0.05, 0) is 66.7 Å². The molecule has 1 rings (SSSR count). The number of ether oxygens (including phenoxy) is 2. The van der Waals surface area contributed by atoms with Crippen LogP contribution in [0, 0.1) is 5.92 Å². The van der Waals surface area contributed by atoms with E-state index in [4.69, 9.17) is 9.47 Å². The molecule has 0 saturated heterocycles. The van der Waals surface area contributed by atoms with Gasteiger partial charge in [0.15, 0.2) is 0 Å². The highest BCUT2D eigenvalue weighted by atomic mass is 16.6. The van der Waals surface area contributed by atoms with Crippen LogP contribution in [0.3, 0.4) is 0 Å². The summed E-state index contributed by atoms with van der Waals surface area (Å²) < 4.78 is 10.8. The molecule has 0 aromatic heterocycles. The van der Waals surface area contributed by atoms with Crippen molar-refractivity contribution in [2.75, 3.05) is 13.7 Å². The minimum absolute atomic E-state index is 0.139. The van der Waals surface area contributed by atoms with Gasteiger partial charge in [-0.1, -0.05) is 0 Å². The van der Waals surface area contributed by atoms with Crippen LogP contribution >= 0.6 is 0 Å². The minimum Gasteiger partial charge on any atom is -0.444 e. The van der Waals surface area contributed by atoms with Gasteiger partial charge >= 0.3 is 6.09 Å². The highest BCUT2D eigenvalue weighted by Crippen LogP contribution is 2.32. The van der Waals surface area contributed by atoms with Crippen LogP contribution in [0.1, 0.15) is 60.8 Å². The van der Waals surface area contributed by atoms with Gasteiger partial charge in [0.25, 0.3) is 0 Å². The van der Waals surface area contributed by atoms with Crippen LogP contribution in [0.15, 0.2) is 0 Å². The van der Waals surface area contributed by atoms with E-state index in [2.05, 4.69) is 31.4 Å². The van der Waals surface area contributed by atoms with Crippen LogP contribution in [0.25, 0.3) is 0 Å². The van der Waals surface area contributed by atoms with Gasteiger partial charge in [-0.3, -0.25) is 0 Å². The molecule has 0 heterocycles. The van der Waals surface area contributed by atoms with Crippen molar-refractivity contribution in [2.45, 2.75) is 84.1 Å². The summed E-state index contributed by atoms with van der Waals surface area (Å²) in [6.07, 6.45) is 2.96. The van der Waals surface area contributed by atoms with Crippen LogP contribution in [0.4, 0.5) is 4.79 Å². The first-order valence-electron chi connectivity index (χ1n) is 8.30. The van der Waals surface area contributed by atoms with Crippen LogP contribution in [0.2, 0.25) is 0 Å². The molecule has 1 amide bonds. The maximum Gasteiger partial charge on any atom is 0.407 e. The fraction of sp³-hybridized carbons (Fsp3) is 0.941. The minimum atomic E-state index is -0.457. The molecule has 0 bridgehead atoms. The number of carbonyl (C=O) groups is 1. The molecule has 2 N–H and O–H groups in total. The maximum absolute atomic E-state index is 11.9. The van der Waals surface area contributed by atoms with Gasteiger partial charge in [-0.15, -0.1) is 0 Å². The predicted molar refractivity (Wildman–Crippen MR) is 89.1 cm³/mol. The third kappa shape index (κ3) is 7.99. The fourth-order valence-corrected chi connectivity index (χ4v) is 2.51. The number of nitrogens with one attached hydrogen (secondary N) is 2. The molecule has 5 heteroatoms. The third-order valence-corrected chi connectivity index (χ3v) is 3.93. The summed E-state index contributed by atoms with van der Waals surface area (Å²) >= 11 is 0. The van der Waals surface area contributed by atoms with Crippen molar-refractivity contribution in [3.05, 3.63) is 0 Å². The molecule has 0 radical (unpaired) electrons. The van der Waals surface area contributed by atoms with E-state index in [0.29, 0.717) is 12.0 Å². The van der Waals surface area contributed by atoms with Gasteiger partial charge in [0.2, 0.25) is 0 Å². The lowest BCUT2D eigenvalue weighted by Gasteiger charge is -2.29. The molecule has 5 nitrogen and oxygen atoms in total. The number of hydrogen-bond donors (Lipinski definition) is 2. The van der Waals surface area contributed by atoms with E-state index in [9.17, 15) is 4.79 Å². The van der Waals surface area contributed by atoms with Gasteiger partial charge in [-0.25, -0.2) is 4.79 Å². The molecule has 2 unspecified atom stereocenters. The molecular formula is C17H34N2O3. The summed E-state index contributed by atoms with van der Waals surface area (Å²) in [4.78, 5) is 11.9. The van der Waals surface area contributed by atoms with E-state index < -0.39 is 5.60 Å². The van der Waals surface area contributed by atoms with Crippen molar-refractivity contribution in [3.63, 3.8) is 0 Å². The van der Waals surface area contributed by atoms with E-state index in [1.165, 1.54) is 12.8 Å². The van der Waals surface area contributed by atoms with Crippen LogP contribution in [-0.2, 0) is 9.47 Å². The SMILES string of the molecule is COC(C)(C)CC(C)NCC(NC(=O)OC(C)(C)C)C1CC1. The van der Waals surface area contributed by atoms with Gasteiger partial charge in [-0.2, -0.15) is 0 Å². The Labute approximate surface area is 135 Å². The first-order chi connectivity index (χ1) is 10.0. The van der Waals surface area contributed by atoms with E-state index in [1.54, 1.807) is 7.11 Å². The summed E-state index contributed by atoms with van der Waals surface area (Å²) in [5.74, 6) is 0.572. The second-order valence-corrected chi connectivity index (χ2v) is 8.07. The Kier molecular flexibility index (Phi) is 6.68. The van der Waals surface area contributed by atoms with E-state index in [1.807, 2.05) is 20.8 Å². The summed E-state index contributed by atoms with van der Waals surface area (Å²) in [6, 6.07) is 0.472. The van der Waals surface area contributed by atoms with E-state index in [-0.39, 0.29) is 17.7 Å². The van der Waals surface area contributed by atoms with Crippen molar-refractivity contribution >= 4 is 6.09 Å². The Morgan fingerprint density at radius 3 is 2.27 bits per heavy atom. The van der Waals surface area contributed by atoms with Gasteiger partial charge in [0.1, 0.15) is 5.60 Å². The second kappa shape index (κ2) is 7.64. The molecular weight excluding hydrogens is 280 g/mol. The predicted octanol–water partition coefficient (Wildman–Crippen LogP) is 3.08. The number of carbonyl (C=O) groups excluding carboxylic acids is 1. The molecule has 0 aromatic rings. The highest BCUT2D eigenvalue weighted by Gasteiger charge is 2.33. The van der Waals surface area contributed by atoms with Crippen molar-refractivity contribution in [1.82, 2.24) is 10.6 Å². The maximum atomic E-state index is 11.9. The van der Waals surface area contributed by atoms with Crippen molar-refractivity contribution in [1.29, 1.82) is 0 Å². The molecule has 130 valence electrons. The lowest BCUT2D eigenvalue weighted by atomic mass is 9.99. The molecule has 1 aliphatic carbocycles. The lowest BCUT2D eigenvalue weighted by Crippen LogP contribution is -2.48. The summed E-state index contributed by atoms with van der Waals surface area (Å²) in [5.41, 5.74) is -0.596. The number of amides is 1. The third-order valence-electron chi connectivity index (χ3n) is 3.93. The summed E-state index contributed by atoms with van der Waals surface area (Å²) in [6.45, 7) is 12.7. The Balaban J connectivity index is 2.40. The highest BCUT2D eigenvalue weighted by molar-refractivity contribution is 5.68. The second-order valence-electron chi connectivity index (χ2n) is 8.07. The largest absolute Gasteiger partial charge is 0.444 e. The number of rotatable bonds is 8. The first kappa shape index (κ1) is 19.2. The summed E-state index contributed by atoms with van der Waals surface area (Å²) in [7, 11) is 1.74. The van der Waals surface area contributed by atoms with Crippen LogP contribution < -0.4 is 10.6 Å². The lowest BCUT2D eigenvalue weighted by molar-refractivity contribution is 0.00821. The zero-order valence-corrected chi connectivity index (χ0v) is 15.3. The Morgan fingerprint density at radius 2 is 1.82 bits per heavy atom. The average molecular weight is 314 g/mol. The molecule has 0 aliphatic heterocycles. The molecule has 2 atom stereocenters. The van der Waals surface area contributed by atoms with Crippen molar-refractivity contribution in [2.24, 2.45) is 5.92 Å². The molecule has 1 aliphatic rings. The molecule has 0 spiro atoms. The molecule has 1 fully saturated rings. The quantitative estimate of drug-likeness (QED) is 0.723. The Morgan fingerprint density at radius 1 is 1.23 bits per heavy atom.